The van der Waals surface area contributed by atoms with Gasteiger partial charge in [0.15, 0.2) is 0 Å². The van der Waals surface area contributed by atoms with E-state index in [1.807, 2.05) is 6.08 Å². The van der Waals surface area contributed by atoms with Gasteiger partial charge in [-0.2, -0.15) is 0 Å². The number of esters is 1. The Bertz CT molecular complexity index is 858. The van der Waals surface area contributed by atoms with Gasteiger partial charge < -0.3 is 20.3 Å². The minimum atomic E-state index is -0.864. The number of carbonyl (C=O) groups is 2. The van der Waals surface area contributed by atoms with Crippen molar-refractivity contribution in [1.82, 2.24) is 5.32 Å². The molecule has 0 fully saturated rings. The third kappa shape index (κ3) is 41.8. The van der Waals surface area contributed by atoms with Crippen molar-refractivity contribution in [3.63, 3.8) is 0 Å². The zero-order chi connectivity index (χ0) is 40.1. The molecule has 0 bridgehead atoms. The quantitative estimate of drug-likeness (QED) is 0.0325. The first kappa shape index (κ1) is 53.3. The molecule has 0 rings (SSSR count). The zero-order valence-corrected chi connectivity index (χ0v) is 36.7. The largest absolute Gasteiger partial charge is 0.466 e. The lowest BCUT2D eigenvalue weighted by atomic mass is 10.0. The molecule has 0 spiro atoms. The standard InChI is InChI=1S/C49H93NO5/c1-3-5-7-9-11-13-15-17-18-19-20-22-27-31-35-39-43-49(54)55-44-40-36-32-28-24-23-26-30-34-38-42-48(53)50-46(45-51)47(52)41-37-33-29-25-21-16-14-12-10-8-6-4-2/h24,28,37,41,46-47,51-52H,3-23,25-27,29-36,38-40,42-45H2,1-2H3,(H,50,53)/b28-24-,41-37+. The first-order chi connectivity index (χ1) is 27.0. The van der Waals surface area contributed by atoms with Gasteiger partial charge in [-0.1, -0.05) is 205 Å². The van der Waals surface area contributed by atoms with Crippen molar-refractivity contribution in [2.24, 2.45) is 0 Å². The van der Waals surface area contributed by atoms with Gasteiger partial charge in [0.1, 0.15) is 0 Å². The Morgan fingerprint density at radius 3 is 1.29 bits per heavy atom. The summed E-state index contributed by atoms with van der Waals surface area (Å²) in [7, 11) is 0. The van der Waals surface area contributed by atoms with E-state index in [2.05, 4.69) is 31.3 Å². The van der Waals surface area contributed by atoms with E-state index in [-0.39, 0.29) is 18.5 Å². The maximum Gasteiger partial charge on any atom is 0.305 e. The van der Waals surface area contributed by atoms with Crippen LogP contribution in [-0.4, -0.2) is 47.4 Å². The molecule has 1 amide bonds. The number of hydrogen-bond donors (Lipinski definition) is 3. The van der Waals surface area contributed by atoms with Crippen LogP contribution in [0.15, 0.2) is 24.3 Å². The van der Waals surface area contributed by atoms with Crippen LogP contribution >= 0.6 is 0 Å². The molecule has 55 heavy (non-hydrogen) atoms. The van der Waals surface area contributed by atoms with Crippen LogP contribution in [0.4, 0.5) is 0 Å². The molecule has 0 saturated heterocycles. The lowest BCUT2D eigenvalue weighted by Crippen LogP contribution is -2.45. The SMILES string of the molecule is CCCCCCCCCCCC/C=C/C(O)C(CO)NC(=O)CCCCCC/C=C\CCCCOC(=O)CCCCCCCCCCCCCCCCCC. The Balaban J connectivity index is 3.54. The van der Waals surface area contributed by atoms with Crippen molar-refractivity contribution in [2.45, 2.75) is 264 Å². The molecule has 324 valence electrons. The highest BCUT2D eigenvalue weighted by atomic mass is 16.5. The van der Waals surface area contributed by atoms with Crippen molar-refractivity contribution < 1.29 is 24.5 Å². The fourth-order valence-corrected chi connectivity index (χ4v) is 7.21. The number of nitrogens with one attached hydrogen (secondary N) is 1. The van der Waals surface area contributed by atoms with E-state index in [1.54, 1.807) is 6.08 Å². The van der Waals surface area contributed by atoms with E-state index in [4.69, 9.17) is 4.74 Å². The fraction of sp³-hybridized carbons (Fsp3) is 0.878. The Labute approximate surface area is 341 Å². The number of amides is 1. The summed E-state index contributed by atoms with van der Waals surface area (Å²) in [6.07, 6.45) is 51.7. The van der Waals surface area contributed by atoms with Gasteiger partial charge >= 0.3 is 5.97 Å². The van der Waals surface area contributed by atoms with Gasteiger partial charge in [-0.25, -0.2) is 0 Å². The van der Waals surface area contributed by atoms with Crippen LogP contribution in [0.2, 0.25) is 0 Å². The number of carbonyl (C=O) groups excluding carboxylic acids is 2. The Hall–Kier alpha value is -1.66. The third-order valence-electron chi connectivity index (χ3n) is 11.0. The molecule has 0 aromatic rings. The summed E-state index contributed by atoms with van der Waals surface area (Å²) in [6, 6.07) is -0.651. The second-order valence-electron chi connectivity index (χ2n) is 16.4. The number of aliphatic hydroxyl groups is 2. The monoisotopic (exact) mass is 776 g/mol. The van der Waals surface area contributed by atoms with Crippen molar-refractivity contribution in [1.29, 1.82) is 0 Å². The molecule has 0 radical (unpaired) electrons. The van der Waals surface area contributed by atoms with Gasteiger partial charge in [0.2, 0.25) is 5.91 Å². The lowest BCUT2D eigenvalue weighted by Gasteiger charge is -2.20. The highest BCUT2D eigenvalue weighted by Gasteiger charge is 2.18. The molecule has 0 aromatic heterocycles. The first-order valence-corrected chi connectivity index (χ1v) is 24.1. The van der Waals surface area contributed by atoms with Gasteiger partial charge in [-0.3, -0.25) is 9.59 Å². The molecule has 0 aliphatic rings. The minimum Gasteiger partial charge on any atom is -0.466 e. The van der Waals surface area contributed by atoms with Crippen LogP contribution in [0.1, 0.15) is 251 Å². The van der Waals surface area contributed by atoms with Crippen molar-refractivity contribution in [2.75, 3.05) is 13.2 Å². The summed E-state index contributed by atoms with van der Waals surface area (Å²) in [4.78, 5) is 24.4. The molecule has 3 N–H and O–H groups in total. The summed E-state index contributed by atoms with van der Waals surface area (Å²) in [5, 5.41) is 22.9. The summed E-state index contributed by atoms with van der Waals surface area (Å²) < 4.78 is 5.43. The maximum absolute atomic E-state index is 12.4. The molecule has 0 aliphatic carbocycles. The second kappa shape index (κ2) is 45.0. The number of hydrogen-bond acceptors (Lipinski definition) is 5. The van der Waals surface area contributed by atoms with E-state index in [1.165, 1.54) is 148 Å². The predicted molar refractivity (Wildman–Crippen MR) is 236 cm³/mol. The maximum atomic E-state index is 12.4. The van der Waals surface area contributed by atoms with Crippen LogP contribution in [-0.2, 0) is 14.3 Å². The van der Waals surface area contributed by atoms with Gasteiger partial charge in [0.05, 0.1) is 25.4 Å². The number of ether oxygens (including phenoxy) is 1. The topological polar surface area (TPSA) is 95.9 Å². The van der Waals surface area contributed by atoms with Gasteiger partial charge in [0, 0.05) is 12.8 Å². The molecule has 0 heterocycles. The second-order valence-corrected chi connectivity index (χ2v) is 16.4. The van der Waals surface area contributed by atoms with E-state index in [9.17, 15) is 19.8 Å². The fourth-order valence-electron chi connectivity index (χ4n) is 7.21. The molecule has 0 saturated carbocycles. The minimum absolute atomic E-state index is 0.0358. The molecule has 2 atom stereocenters. The third-order valence-corrected chi connectivity index (χ3v) is 11.0. The van der Waals surface area contributed by atoms with Crippen LogP contribution in [0.25, 0.3) is 0 Å². The van der Waals surface area contributed by atoms with Crippen molar-refractivity contribution in [3.05, 3.63) is 24.3 Å². The number of unbranched alkanes of at least 4 members (excludes halogenated alkanes) is 31. The normalized spacial score (nSPS) is 12.9. The average molecular weight is 776 g/mol. The van der Waals surface area contributed by atoms with E-state index in [0.717, 1.165) is 77.0 Å². The molecule has 0 aliphatic heterocycles. The number of rotatable bonds is 44. The summed E-state index contributed by atoms with van der Waals surface area (Å²) in [5.74, 6) is -0.140. The van der Waals surface area contributed by atoms with E-state index < -0.39 is 12.1 Å². The van der Waals surface area contributed by atoms with Crippen LogP contribution in [0.3, 0.4) is 0 Å². The Morgan fingerprint density at radius 1 is 0.491 bits per heavy atom. The lowest BCUT2D eigenvalue weighted by molar-refractivity contribution is -0.143. The van der Waals surface area contributed by atoms with Gasteiger partial charge in [-0.15, -0.1) is 0 Å². The zero-order valence-electron chi connectivity index (χ0n) is 36.7. The summed E-state index contributed by atoms with van der Waals surface area (Å²) in [6.45, 7) is 4.80. The molecular formula is C49H93NO5. The smallest absolute Gasteiger partial charge is 0.305 e. The van der Waals surface area contributed by atoms with Crippen molar-refractivity contribution in [3.8, 4) is 0 Å². The summed E-state index contributed by atoms with van der Waals surface area (Å²) >= 11 is 0. The van der Waals surface area contributed by atoms with E-state index >= 15 is 0 Å². The molecule has 6 nitrogen and oxygen atoms in total. The summed E-state index contributed by atoms with van der Waals surface area (Å²) in [5.41, 5.74) is 0. The highest BCUT2D eigenvalue weighted by molar-refractivity contribution is 5.76. The number of allylic oxidation sites excluding steroid dienone is 3. The molecule has 6 heteroatoms. The first-order valence-electron chi connectivity index (χ1n) is 24.1. The average Bonchev–Trinajstić information content (AvgIpc) is 3.18. The van der Waals surface area contributed by atoms with Crippen molar-refractivity contribution >= 4 is 11.9 Å². The molecule has 2 unspecified atom stereocenters. The predicted octanol–water partition coefficient (Wildman–Crippen LogP) is 14.0. The Kier molecular flexibility index (Phi) is 43.7. The van der Waals surface area contributed by atoms with Crippen LogP contribution < -0.4 is 5.32 Å². The van der Waals surface area contributed by atoms with E-state index in [0.29, 0.717) is 19.4 Å². The molecular weight excluding hydrogens is 683 g/mol. The molecule has 0 aromatic carbocycles. The van der Waals surface area contributed by atoms with Gasteiger partial charge in [0.25, 0.3) is 0 Å². The number of aliphatic hydroxyl groups excluding tert-OH is 2. The Morgan fingerprint density at radius 2 is 0.855 bits per heavy atom. The van der Waals surface area contributed by atoms with Crippen LogP contribution in [0.5, 0.6) is 0 Å². The van der Waals surface area contributed by atoms with Crippen LogP contribution in [0, 0.1) is 0 Å². The highest BCUT2D eigenvalue weighted by Crippen LogP contribution is 2.15. The van der Waals surface area contributed by atoms with Gasteiger partial charge in [-0.05, 0) is 57.8 Å².